The molecule has 0 aliphatic carbocycles. The Balaban J connectivity index is 1.99. The van der Waals surface area contributed by atoms with E-state index in [-0.39, 0.29) is 11.8 Å². The van der Waals surface area contributed by atoms with Crippen LogP contribution in [0.4, 0.5) is 5.69 Å². The lowest BCUT2D eigenvalue weighted by Crippen LogP contribution is -2.34. The lowest BCUT2D eigenvalue weighted by atomic mass is 10.0. The van der Waals surface area contributed by atoms with Gasteiger partial charge in [-0.2, -0.15) is 0 Å². The molecule has 0 amide bonds. The summed E-state index contributed by atoms with van der Waals surface area (Å²) in [5.41, 5.74) is 8.24. The van der Waals surface area contributed by atoms with Gasteiger partial charge in [-0.15, -0.1) is 0 Å². The zero-order valence-corrected chi connectivity index (χ0v) is 8.86. The van der Waals surface area contributed by atoms with Crippen molar-refractivity contribution in [2.45, 2.75) is 31.8 Å². The van der Waals surface area contributed by atoms with Gasteiger partial charge in [-0.05, 0) is 31.4 Å². The van der Waals surface area contributed by atoms with Crippen LogP contribution in [-0.4, -0.2) is 17.9 Å². The van der Waals surface area contributed by atoms with Gasteiger partial charge in [0.15, 0.2) is 0 Å². The maximum absolute atomic E-state index is 11.1. The molecule has 3 nitrogen and oxygen atoms in total. The Morgan fingerprint density at radius 1 is 1.60 bits per heavy atom. The Morgan fingerprint density at radius 2 is 2.33 bits per heavy atom. The zero-order chi connectivity index (χ0) is 10.8. The number of Topliss-reactive ketones (excluding diaryl/α,β-unsaturated/α-hetero) is 1. The van der Waals surface area contributed by atoms with Crippen molar-refractivity contribution in [2.75, 3.05) is 5.32 Å². The van der Waals surface area contributed by atoms with Crippen LogP contribution in [0.2, 0.25) is 0 Å². The van der Waals surface area contributed by atoms with Crippen LogP contribution in [-0.2, 0) is 11.2 Å². The Kier molecular flexibility index (Phi) is 2.73. The van der Waals surface area contributed by atoms with Crippen molar-refractivity contribution in [1.82, 2.24) is 0 Å². The quantitative estimate of drug-likeness (QED) is 0.781. The first-order chi connectivity index (χ1) is 7.16. The van der Waals surface area contributed by atoms with Gasteiger partial charge in [0.2, 0.25) is 0 Å². The summed E-state index contributed by atoms with van der Waals surface area (Å²) in [7, 11) is 0. The molecule has 3 N–H and O–H groups in total. The monoisotopic (exact) mass is 204 g/mol. The first-order valence-corrected chi connectivity index (χ1v) is 5.27. The topological polar surface area (TPSA) is 55.1 Å². The summed E-state index contributed by atoms with van der Waals surface area (Å²) in [6, 6.07) is 8.20. The number of carbonyl (C=O) groups is 1. The molecule has 2 atom stereocenters. The second kappa shape index (κ2) is 4.03. The molecule has 1 aromatic rings. The van der Waals surface area contributed by atoms with Crippen LogP contribution in [0.1, 0.15) is 18.9 Å². The van der Waals surface area contributed by atoms with Gasteiger partial charge in [0, 0.05) is 11.7 Å². The molecule has 1 heterocycles. The van der Waals surface area contributed by atoms with Gasteiger partial charge in [0.1, 0.15) is 5.78 Å². The van der Waals surface area contributed by atoms with Crippen LogP contribution in [0, 0.1) is 0 Å². The maximum Gasteiger partial charge on any atom is 0.146 e. The summed E-state index contributed by atoms with van der Waals surface area (Å²) in [5.74, 6) is 0.0627. The van der Waals surface area contributed by atoms with Crippen molar-refractivity contribution in [3.8, 4) is 0 Å². The lowest BCUT2D eigenvalue weighted by molar-refractivity contribution is -0.118. The molecule has 0 aromatic heterocycles. The number of nitrogens with one attached hydrogen (secondary N) is 1. The van der Waals surface area contributed by atoms with E-state index in [9.17, 15) is 4.79 Å². The molecular formula is C12H16N2O. The number of nitrogens with two attached hydrogens (primary N) is 1. The maximum atomic E-state index is 11.1. The largest absolute Gasteiger partial charge is 0.382 e. The predicted molar refractivity (Wildman–Crippen MR) is 60.8 cm³/mol. The summed E-state index contributed by atoms with van der Waals surface area (Å²) >= 11 is 0. The fourth-order valence-corrected chi connectivity index (χ4v) is 1.99. The van der Waals surface area contributed by atoms with E-state index in [0.29, 0.717) is 12.5 Å². The van der Waals surface area contributed by atoms with Crippen molar-refractivity contribution in [3.63, 3.8) is 0 Å². The number of fused-ring (bicyclic) bond motifs is 1. The molecule has 0 saturated heterocycles. The Labute approximate surface area is 89.7 Å². The predicted octanol–water partition coefficient (Wildman–Crippen LogP) is 1.33. The standard InChI is InChI=1S/C12H16N2O/c1-8(15)11(13)7-10-6-9-4-2-3-5-12(9)14-10/h2-5,10-11,14H,6-7,13H2,1H3. The fourth-order valence-electron chi connectivity index (χ4n) is 1.99. The summed E-state index contributed by atoms with van der Waals surface area (Å²) in [5, 5.41) is 3.39. The minimum atomic E-state index is -0.336. The van der Waals surface area contributed by atoms with Crippen molar-refractivity contribution < 1.29 is 4.79 Å². The Morgan fingerprint density at radius 3 is 3.00 bits per heavy atom. The van der Waals surface area contributed by atoms with E-state index < -0.39 is 0 Å². The molecule has 1 aromatic carbocycles. The number of ketones is 1. The van der Waals surface area contributed by atoms with Crippen LogP contribution in [0.15, 0.2) is 24.3 Å². The average Bonchev–Trinajstić information content (AvgIpc) is 2.59. The van der Waals surface area contributed by atoms with Crippen LogP contribution < -0.4 is 11.1 Å². The normalized spacial score (nSPS) is 20.5. The minimum Gasteiger partial charge on any atom is -0.382 e. The number of rotatable bonds is 3. The molecule has 2 unspecified atom stereocenters. The molecule has 1 aliphatic heterocycles. The van der Waals surface area contributed by atoms with Gasteiger partial charge in [-0.1, -0.05) is 18.2 Å². The Hall–Kier alpha value is -1.35. The van der Waals surface area contributed by atoms with Gasteiger partial charge < -0.3 is 11.1 Å². The van der Waals surface area contributed by atoms with E-state index in [2.05, 4.69) is 17.4 Å². The molecule has 2 rings (SSSR count). The number of hydrogen-bond acceptors (Lipinski definition) is 3. The third-order valence-electron chi connectivity index (χ3n) is 2.90. The molecule has 0 bridgehead atoms. The second-order valence-corrected chi connectivity index (χ2v) is 4.16. The molecule has 3 heteroatoms. The van der Waals surface area contributed by atoms with Crippen molar-refractivity contribution in [2.24, 2.45) is 5.73 Å². The molecule has 0 fully saturated rings. The summed E-state index contributed by atoms with van der Waals surface area (Å²) in [6.45, 7) is 1.55. The van der Waals surface area contributed by atoms with E-state index in [0.717, 1.165) is 6.42 Å². The smallest absolute Gasteiger partial charge is 0.146 e. The van der Waals surface area contributed by atoms with Gasteiger partial charge in [0.25, 0.3) is 0 Å². The number of carbonyl (C=O) groups excluding carboxylic acids is 1. The number of anilines is 1. The van der Waals surface area contributed by atoms with E-state index in [1.807, 2.05) is 12.1 Å². The van der Waals surface area contributed by atoms with Crippen molar-refractivity contribution in [3.05, 3.63) is 29.8 Å². The summed E-state index contributed by atoms with van der Waals surface area (Å²) in [6.07, 6.45) is 1.68. The van der Waals surface area contributed by atoms with Crippen molar-refractivity contribution >= 4 is 11.5 Å². The highest BCUT2D eigenvalue weighted by atomic mass is 16.1. The highest BCUT2D eigenvalue weighted by Gasteiger charge is 2.23. The third kappa shape index (κ3) is 2.18. The zero-order valence-electron chi connectivity index (χ0n) is 8.86. The molecule has 0 saturated carbocycles. The van der Waals surface area contributed by atoms with Crippen LogP contribution >= 0.6 is 0 Å². The lowest BCUT2D eigenvalue weighted by Gasteiger charge is -2.14. The molecule has 1 aliphatic rings. The summed E-state index contributed by atoms with van der Waals surface area (Å²) in [4.78, 5) is 11.1. The highest BCUT2D eigenvalue weighted by Crippen LogP contribution is 2.26. The number of benzene rings is 1. The molecular weight excluding hydrogens is 188 g/mol. The van der Waals surface area contributed by atoms with Crippen molar-refractivity contribution in [1.29, 1.82) is 0 Å². The van der Waals surface area contributed by atoms with Gasteiger partial charge >= 0.3 is 0 Å². The Bertz CT molecular complexity index is 351. The van der Waals surface area contributed by atoms with E-state index in [1.165, 1.54) is 11.3 Å². The average molecular weight is 204 g/mol. The number of para-hydroxylation sites is 1. The highest BCUT2D eigenvalue weighted by molar-refractivity contribution is 5.81. The molecule has 80 valence electrons. The third-order valence-corrected chi connectivity index (χ3v) is 2.90. The minimum absolute atomic E-state index is 0.0627. The van der Waals surface area contributed by atoms with Gasteiger partial charge in [-0.25, -0.2) is 0 Å². The molecule has 0 spiro atoms. The molecule has 15 heavy (non-hydrogen) atoms. The van der Waals surface area contributed by atoms with E-state index >= 15 is 0 Å². The van der Waals surface area contributed by atoms with E-state index in [1.54, 1.807) is 6.92 Å². The van der Waals surface area contributed by atoms with E-state index in [4.69, 9.17) is 5.73 Å². The molecule has 0 radical (unpaired) electrons. The number of hydrogen-bond donors (Lipinski definition) is 2. The van der Waals surface area contributed by atoms with Gasteiger partial charge in [-0.3, -0.25) is 4.79 Å². The fraction of sp³-hybridized carbons (Fsp3) is 0.417. The van der Waals surface area contributed by atoms with Gasteiger partial charge in [0.05, 0.1) is 6.04 Å². The first kappa shape index (κ1) is 10.2. The van der Waals surface area contributed by atoms with Crippen LogP contribution in [0.25, 0.3) is 0 Å². The van der Waals surface area contributed by atoms with Crippen LogP contribution in [0.3, 0.4) is 0 Å². The second-order valence-electron chi connectivity index (χ2n) is 4.16. The SMILES string of the molecule is CC(=O)C(N)CC1Cc2ccccc2N1. The van der Waals surface area contributed by atoms with Crippen LogP contribution in [0.5, 0.6) is 0 Å². The summed E-state index contributed by atoms with van der Waals surface area (Å²) < 4.78 is 0. The first-order valence-electron chi connectivity index (χ1n) is 5.27.